The van der Waals surface area contributed by atoms with Gasteiger partial charge in [0.25, 0.3) is 0 Å². The number of carbonyl (C=O) groups excluding carboxylic acids is 1. The minimum absolute atomic E-state index is 0.123. The van der Waals surface area contributed by atoms with Gasteiger partial charge in [0.15, 0.2) is 0 Å². The van der Waals surface area contributed by atoms with Crippen LogP contribution in [-0.2, 0) is 9.53 Å². The van der Waals surface area contributed by atoms with Crippen LogP contribution in [-0.4, -0.2) is 25.2 Å². The second kappa shape index (κ2) is 5.38. The maximum Gasteiger partial charge on any atom is 0.322 e. The Morgan fingerprint density at radius 1 is 1.41 bits per heavy atom. The van der Waals surface area contributed by atoms with E-state index in [1.165, 1.54) is 32.8 Å². The third-order valence-electron chi connectivity index (χ3n) is 4.79. The summed E-state index contributed by atoms with van der Waals surface area (Å²) >= 11 is 0. The maximum atomic E-state index is 11.6. The van der Waals surface area contributed by atoms with E-state index in [2.05, 4.69) is 12.2 Å². The van der Waals surface area contributed by atoms with Crippen molar-refractivity contribution in [1.29, 1.82) is 0 Å². The molecule has 0 aromatic rings. The first-order valence-corrected chi connectivity index (χ1v) is 6.99. The highest BCUT2D eigenvalue weighted by atomic mass is 16.5. The molecule has 0 amide bonds. The zero-order valence-corrected chi connectivity index (χ0v) is 11.2. The largest absolute Gasteiger partial charge is 0.468 e. The van der Waals surface area contributed by atoms with Crippen LogP contribution in [0, 0.1) is 17.8 Å². The van der Waals surface area contributed by atoms with Crippen LogP contribution in [0.2, 0.25) is 0 Å². The highest BCUT2D eigenvalue weighted by molar-refractivity contribution is 5.75. The summed E-state index contributed by atoms with van der Waals surface area (Å²) in [6.07, 6.45) is 6.42. The summed E-state index contributed by atoms with van der Waals surface area (Å²) in [5.41, 5.74) is 0. The zero-order valence-electron chi connectivity index (χ0n) is 11.2. The quantitative estimate of drug-likeness (QED) is 0.748. The summed E-state index contributed by atoms with van der Waals surface area (Å²) in [4.78, 5) is 11.6. The molecule has 0 aliphatic heterocycles. The van der Waals surface area contributed by atoms with Gasteiger partial charge in [0.05, 0.1) is 7.11 Å². The van der Waals surface area contributed by atoms with Gasteiger partial charge in [-0.2, -0.15) is 0 Å². The minimum atomic E-state index is -0.130. The van der Waals surface area contributed by atoms with Crippen molar-refractivity contribution in [3.05, 3.63) is 0 Å². The molecule has 0 heterocycles. The highest BCUT2D eigenvalue weighted by Crippen LogP contribution is 2.49. The molecule has 2 bridgehead atoms. The normalized spacial score (nSPS) is 34.6. The number of nitrogens with one attached hydrogen (secondary N) is 1. The lowest BCUT2D eigenvalue weighted by molar-refractivity contribution is -0.143. The number of fused-ring (bicyclic) bond motifs is 2. The van der Waals surface area contributed by atoms with Gasteiger partial charge < -0.3 is 10.1 Å². The summed E-state index contributed by atoms with van der Waals surface area (Å²) in [6, 6.07) is 0.309. The number of methoxy groups -OCH3 is 1. The van der Waals surface area contributed by atoms with E-state index in [9.17, 15) is 4.79 Å². The first kappa shape index (κ1) is 12.9. The molecule has 3 nitrogen and oxygen atoms in total. The molecule has 0 saturated heterocycles. The molecule has 5 unspecified atom stereocenters. The Labute approximate surface area is 104 Å². The molecule has 98 valence electrons. The predicted octanol–water partition coefficient (Wildman–Crippen LogP) is 2.35. The van der Waals surface area contributed by atoms with Crippen LogP contribution in [0.15, 0.2) is 0 Å². The first-order valence-electron chi connectivity index (χ1n) is 6.99. The van der Waals surface area contributed by atoms with Gasteiger partial charge in [-0.05, 0) is 50.4 Å². The summed E-state index contributed by atoms with van der Waals surface area (Å²) in [5, 5.41) is 3.47. The molecule has 2 aliphatic carbocycles. The van der Waals surface area contributed by atoms with Gasteiger partial charge in [-0.15, -0.1) is 0 Å². The Kier molecular flexibility index (Phi) is 4.08. The Hall–Kier alpha value is -0.570. The Bertz CT molecular complexity index is 279. The van der Waals surface area contributed by atoms with Gasteiger partial charge in [-0.25, -0.2) is 0 Å². The van der Waals surface area contributed by atoms with E-state index in [1.54, 1.807) is 0 Å². The second-order valence-electron chi connectivity index (χ2n) is 5.78. The fourth-order valence-corrected chi connectivity index (χ4v) is 3.84. The van der Waals surface area contributed by atoms with Gasteiger partial charge in [-0.1, -0.05) is 13.3 Å². The number of hydrogen-bond acceptors (Lipinski definition) is 3. The smallest absolute Gasteiger partial charge is 0.322 e. The molecule has 1 N–H and O–H groups in total. The van der Waals surface area contributed by atoms with Crippen molar-refractivity contribution in [3.63, 3.8) is 0 Å². The van der Waals surface area contributed by atoms with Crippen molar-refractivity contribution in [2.75, 3.05) is 7.11 Å². The van der Waals surface area contributed by atoms with E-state index in [0.717, 1.165) is 24.2 Å². The third-order valence-corrected chi connectivity index (χ3v) is 4.79. The van der Waals surface area contributed by atoms with Gasteiger partial charge in [0.2, 0.25) is 0 Å². The molecule has 3 heteroatoms. The lowest BCUT2D eigenvalue weighted by atomic mass is 9.83. The van der Waals surface area contributed by atoms with Crippen molar-refractivity contribution in [2.45, 2.75) is 58.0 Å². The molecule has 0 radical (unpaired) electrons. The van der Waals surface area contributed by atoms with Crippen LogP contribution in [0.5, 0.6) is 0 Å². The molecule has 2 fully saturated rings. The summed E-state index contributed by atoms with van der Waals surface area (Å²) in [5.74, 6) is 2.51. The summed E-state index contributed by atoms with van der Waals surface area (Å²) < 4.78 is 4.83. The summed E-state index contributed by atoms with van der Waals surface area (Å²) in [7, 11) is 1.47. The Morgan fingerprint density at radius 3 is 2.65 bits per heavy atom. The average Bonchev–Trinajstić information content (AvgIpc) is 2.96. The van der Waals surface area contributed by atoms with Gasteiger partial charge in [0, 0.05) is 6.04 Å². The molecular weight excluding hydrogens is 214 g/mol. The predicted molar refractivity (Wildman–Crippen MR) is 67.6 cm³/mol. The molecule has 0 aromatic heterocycles. The minimum Gasteiger partial charge on any atom is -0.468 e. The molecule has 0 aromatic carbocycles. The third kappa shape index (κ3) is 2.65. The van der Waals surface area contributed by atoms with Crippen molar-refractivity contribution < 1.29 is 9.53 Å². The lowest BCUT2D eigenvalue weighted by Gasteiger charge is -2.30. The lowest BCUT2D eigenvalue weighted by Crippen LogP contribution is -2.46. The van der Waals surface area contributed by atoms with Crippen molar-refractivity contribution in [1.82, 2.24) is 5.32 Å². The highest BCUT2D eigenvalue weighted by Gasteiger charge is 2.42. The van der Waals surface area contributed by atoms with Crippen molar-refractivity contribution in [3.8, 4) is 0 Å². The SMILES string of the molecule is CCC(NC(C)C1CC2CCC1C2)C(=O)OC. The molecule has 5 atom stereocenters. The number of rotatable bonds is 5. The Morgan fingerprint density at radius 2 is 2.18 bits per heavy atom. The number of carbonyl (C=O) groups is 1. The van der Waals surface area contributed by atoms with Crippen LogP contribution < -0.4 is 5.32 Å². The first-order chi connectivity index (χ1) is 8.15. The number of esters is 1. The van der Waals surface area contributed by atoms with Gasteiger partial charge >= 0.3 is 5.97 Å². The van der Waals surface area contributed by atoms with Crippen LogP contribution in [0.4, 0.5) is 0 Å². The molecule has 2 aliphatic rings. The van der Waals surface area contributed by atoms with Crippen LogP contribution >= 0.6 is 0 Å². The fourth-order valence-electron chi connectivity index (χ4n) is 3.84. The zero-order chi connectivity index (χ0) is 12.4. The monoisotopic (exact) mass is 239 g/mol. The molecular formula is C14H25NO2. The molecule has 0 spiro atoms. The van der Waals surface area contributed by atoms with E-state index < -0.39 is 0 Å². The molecule has 17 heavy (non-hydrogen) atoms. The molecule has 2 rings (SSSR count). The van der Waals surface area contributed by atoms with Crippen LogP contribution in [0.1, 0.15) is 46.0 Å². The molecule has 2 saturated carbocycles. The number of ether oxygens (including phenoxy) is 1. The van der Waals surface area contributed by atoms with E-state index in [4.69, 9.17) is 4.74 Å². The van der Waals surface area contributed by atoms with Crippen LogP contribution in [0.3, 0.4) is 0 Å². The average molecular weight is 239 g/mol. The van der Waals surface area contributed by atoms with E-state index in [-0.39, 0.29) is 12.0 Å². The fraction of sp³-hybridized carbons (Fsp3) is 0.929. The van der Waals surface area contributed by atoms with Gasteiger partial charge in [-0.3, -0.25) is 4.79 Å². The van der Waals surface area contributed by atoms with Crippen molar-refractivity contribution >= 4 is 5.97 Å². The van der Waals surface area contributed by atoms with E-state index >= 15 is 0 Å². The standard InChI is InChI=1S/C14H25NO2/c1-4-13(14(16)17-3)15-9(2)12-8-10-5-6-11(12)7-10/h9-13,15H,4-8H2,1-3H3. The number of hydrogen-bond donors (Lipinski definition) is 1. The van der Waals surface area contributed by atoms with Crippen LogP contribution in [0.25, 0.3) is 0 Å². The maximum absolute atomic E-state index is 11.6. The van der Waals surface area contributed by atoms with E-state index in [1.807, 2.05) is 6.92 Å². The topological polar surface area (TPSA) is 38.3 Å². The Balaban J connectivity index is 1.87. The second-order valence-corrected chi connectivity index (χ2v) is 5.78. The van der Waals surface area contributed by atoms with Crippen molar-refractivity contribution in [2.24, 2.45) is 17.8 Å². The van der Waals surface area contributed by atoms with Gasteiger partial charge in [0.1, 0.15) is 6.04 Å². The summed E-state index contributed by atoms with van der Waals surface area (Å²) in [6.45, 7) is 4.26. The van der Waals surface area contributed by atoms with E-state index in [0.29, 0.717) is 6.04 Å².